The van der Waals surface area contributed by atoms with Gasteiger partial charge in [0.2, 0.25) is 5.91 Å². The van der Waals surface area contributed by atoms with E-state index >= 15 is 0 Å². The zero-order valence-corrected chi connectivity index (χ0v) is 26.5. The molecule has 3 atom stereocenters. The molecule has 0 radical (unpaired) electrons. The summed E-state index contributed by atoms with van der Waals surface area (Å²) in [5.41, 5.74) is 10.8. The molecule has 2 aliphatic rings. The summed E-state index contributed by atoms with van der Waals surface area (Å²) in [6, 6.07) is 19.0. The Balaban J connectivity index is 1.24. The van der Waals surface area contributed by atoms with Gasteiger partial charge >= 0.3 is 7.12 Å². The quantitative estimate of drug-likeness (QED) is 0.118. The number of amides is 2. The molecule has 0 bridgehead atoms. The van der Waals surface area contributed by atoms with Crippen molar-refractivity contribution in [2.75, 3.05) is 37.8 Å². The number of hydrogen-bond donors (Lipinski definition) is 6. The monoisotopic (exact) mass is 648 g/mol. The summed E-state index contributed by atoms with van der Waals surface area (Å²) in [6.45, 7) is 5.68. The molecule has 0 aromatic heterocycles. The van der Waals surface area contributed by atoms with Gasteiger partial charge in [0.25, 0.3) is 5.91 Å². The third kappa shape index (κ3) is 8.05. The minimum Gasteiger partial charge on any atom is -0.491 e. The minimum absolute atomic E-state index is 0.0614. The summed E-state index contributed by atoms with van der Waals surface area (Å²) in [5.74, 6) is 0.287. The fourth-order valence-corrected chi connectivity index (χ4v) is 5.60. The molecule has 0 saturated carbocycles. The van der Waals surface area contributed by atoms with Crippen molar-refractivity contribution in [2.45, 2.75) is 38.6 Å². The number of nitrogens with one attached hydrogen (secondary N) is 4. The summed E-state index contributed by atoms with van der Waals surface area (Å²) in [4.78, 5) is 32.4. The van der Waals surface area contributed by atoms with Crippen LogP contribution in [-0.4, -0.2) is 86.0 Å². The number of anilines is 1. The molecule has 2 amide bonds. The Morgan fingerprint density at radius 3 is 2.48 bits per heavy atom. The van der Waals surface area contributed by atoms with Crippen LogP contribution >= 0.6 is 11.6 Å². The first-order valence-corrected chi connectivity index (χ1v) is 15.6. The lowest BCUT2D eigenvalue weighted by Gasteiger charge is -2.31. The average Bonchev–Trinajstić information content (AvgIpc) is 3.37. The van der Waals surface area contributed by atoms with Gasteiger partial charge in [-0.3, -0.25) is 14.6 Å². The maximum Gasteiger partial charge on any atom is 0.488 e. The molecule has 0 aliphatic carbocycles. The molecule has 1 saturated heterocycles. The van der Waals surface area contributed by atoms with E-state index in [1.165, 1.54) is 24.3 Å². The topological polar surface area (TPSA) is 157 Å². The second-order valence-corrected chi connectivity index (χ2v) is 11.4. The summed E-state index contributed by atoms with van der Waals surface area (Å²) >= 11 is 6.21. The molecular weight excluding hydrogens is 611 g/mol. The smallest absolute Gasteiger partial charge is 0.488 e. The van der Waals surface area contributed by atoms with E-state index in [0.29, 0.717) is 48.1 Å². The molecule has 2 heterocycles. The number of ether oxygens (including phenoxy) is 2. The molecule has 3 aromatic carbocycles. The van der Waals surface area contributed by atoms with Crippen LogP contribution in [0.2, 0.25) is 5.02 Å². The number of hydrazine groups is 1. The molecule has 2 aliphatic heterocycles. The van der Waals surface area contributed by atoms with Gasteiger partial charge in [-0.05, 0) is 61.8 Å². The van der Waals surface area contributed by atoms with Crippen molar-refractivity contribution in [3.63, 3.8) is 0 Å². The molecule has 14 heteroatoms. The van der Waals surface area contributed by atoms with Gasteiger partial charge in [-0.25, -0.2) is 10.9 Å². The second kappa shape index (κ2) is 15.5. The number of benzene rings is 3. The van der Waals surface area contributed by atoms with Crippen molar-refractivity contribution in [1.29, 1.82) is 0 Å². The van der Waals surface area contributed by atoms with Crippen molar-refractivity contribution in [3.05, 3.63) is 88.4 Å². The second-order valence-electron chi connectivity index (χ2n) is 10.9. The van der Waals surface area contributed by atoms with E-state index in [9.17, 15) is 19.6 Å². The highest BCUT2D eigenvalue weighted by Gasteiger charge is 2.40. The highest BCUT2D eigenvalue weighted by atomic mass is 35.5. The van der Waals surface area contributed by atoms with E-state index in [2.05, 4.69) is 33.3 Å². The van der Waals surface area contributed by atoms with Crippen LogP contribution in [0.5, 0.6) is 5.75 Å². The standard InChI is InChI=1S/C32H38BClN6O6/c1-3-35-29(41)19-27-31-39-38-20(2)40(31)28-13-12-25(18-26(28)30(37-27)21-6-10-24(34)11-7-21)46-17-16-45-15-14-36-32(42)22-4-8-23(9-5-22)33(43)44/h4-13,18,20,27,31,38-39,43-44H,3,14-17,19H2,1-2H3,(H,35,41)(H,36,42). The predicted octanol–water partition coefficient (Wildman–Crippen LogP) is 1.18. The van der Waals surface area contributed by atoms with E-state index in [0.717, 1.165) is 22.5 Å². The first-order valence-electron chi connectivity index (χ1n) is 15.2. The first-order chi connectivity index (χ1) is 22.2. The molecule has 242 valence electrons. The van der Waals surface area contributed by atoms with Crippen molar-refractivity contribution in [1.82, 2.24) is 21.5 Å². The predicted molar refractivity (Wildman–Crippen MR) is 178 cm³/mol. The van der Waals surface area contributed by atoms with Gasteiger partial charge in [0.05, 0.1) is 37.6 Å². The van der Waals surface area contributed by atoms with Crippen LogP contribution in [0.4, 0.5) is 5.69 Å². The molecular formula is C32H38BClN6O6. The Morgan fingerprint density at radius 1 is 1.00 bits per heavy atom. The molecule has 12 nitrogen and oxygen atoms in total. The highest BCUT2D eigenvalue weighted by Crippen LogP contribution is 2.36. The summed E-state index contributed by atoms with van der Waals surface area (Å²) in [5, 5.41) is 24.7. The Labute approximate surface area is 273 Å². The van der Waals surface area contributed by atoms with Crippen molar-refractivity contribution in [3.8, 4) is 5.75 Å². The van der Waals surface area contributed by atoms with Gasteiger partial charge in [0.1, 0.15) is 18.5 Å². The fourth-order valence-electron chi connectivity index (χ4n) is 5.47. The number of fused-ring (bicyclic) bond motifs is 3. The van der Waals surface area contributed by atoms with Crippen LogP contribution in [0.15, 0.2) is 71.7 Å². The average molecular weight is 649 g/mol. The minimum atomic E-state index is -1.58. The zero-order valence-electron chi connectivity index (χ0n) is 25.7. The van der Waals surface area contributed by atoms with E-state index in [1.54, 1.807) is 0 Å². The first kappa shape index (κ1) is 33.4. The lowest BCUT2D eigenvalue weighted by Crippen LogP contribution is -2.47. The lowest BCUT2D eigenvalue weighted by molar-refractivity contribution is -0.121. The summed E-state index contributed by atoms with van der Waals surface area (Å²) < 4.78 is 11.7. The Bertz CT molecular complexity index is 1540. The van der Waals surface area contributed by atoms with Gasteiger partial charge in [0, 0.05) is 40.5 Å². The third-order valence-electron chi connectivity index (χ3n) is 7.70. The van der Waals surface area contributed by atoms with Crippen LogP contribution in [0.3, 0.4) is 0 Å². The fraction of sp³-hybridized carbons (Fsp3) is 0.344. The van der Waals surface area contributed by atoms with E-state index in [1.807, 2.05) is 49.4 Å². The number of halogens is 1. The zero-order chi connectivity index (χ0) is 32.6. The van der Waals surface area contributed by atoms with Crippen LogP contribution < -0.4 is 36.6 Å². The molecule has 3 aromatic rings. The van der Waals surface area contributed by atoms with Crippen LogP contribution in [-0.2, 0) is 9.53 Å². The Kier molecular flexibility index (Phi) is 11.3. The van der Waals surface area contributed by atoms with E-state index in [4.69, 9.17) is 26.1 Å². The Hall–Kier alpha value is -3.98. The number of nitrogens with zero attached hydrogens (tertiary/aromatic N) is 2. The van der Waals surface area contributed by atoms with E-state index < -0.39 is 7.12 Å². The largest absolute Gasteiger partial charge is 0.491 e. The Morgan fingerprint density at radius 2 is 1.76 bits per heavy atom. The normalized spacial score (nSPS) is 18.6. The van der Waals surface area contributed by atoms with Crippen molar-refractivity contribution >= 4 is 47.4 Å². The SMILES string of the molecule is CCNC(=O)CC1N=C(c2ccc(Cl)cc2)c2cc(OCCOCCNC(=O)c3ccc(B(O)O)cc3)ccc2N2C(C)NNC12. The molecule has 5 rings (SSSR count). The van der Waals surface area contributed by atoms with Gasteiger partial charge in [-0.1, -0.05) is 35.9 Å². The van der Waals surface area contributed by atoms with Crippen LogP contribution in [0, 0.1) is 0 Å². The molecule has 3 unspecified atom stereocenters. The summed E-state index contributed by atoms with van der Waals surface area (Å²) in [7, 11) is -1.58. The van der Waals surface area contributed by atoms with Crippen LogP contribution in [0.1, 0.15) is 41.8 Å². The number of carbonyl (C=O) groups excluding carboxylic acids is 2. The van der Waals surface area contributed by atoms with Gasteiger partial charge in [0.15, 0.2) is 0 Å². The molecule has 1 fully saturated rings. The lowest BCUT2D eigenvalue weighted by atomic mass is 9.80. The number of rotatable bonds is 13. The third-order valence-corrected chi connectivity index (χ3v) is 7.96. The van der Waals surface area contributed by atoms with Gasteiger partial charge in [-0.2, -0.15) is 0 Å². The van der Waals surface area contributed by atoms with Gasteiger partial charge in [-0.15, -0.1) is 0 Å². The van der Waals surface area contributed by atoms with Crippen molar-refractivity contribution in [2.24, 2.45) is 4.99 Å². The number of carbonyl (C=O) groups is 2. The maximum atomic E-state index is 12.7. The number of aliphatic imine (C=N–C) groups is 1. The van der Waals surface area contributed by atoms with Gasteiger partial charge < -0.3 is 35.1 Å². The van der Waals surface area contributed by atoms with Crippen LogP contribution in [0.25, 0.3) is 0 Å². The highest BCUT2D eigenvalue weighted by molar-refractivity contribution is 6.58. The maximum absolute atomic E-state index is 12.7. The summed E-state index contributed by atoms with van der Waals surface area (Å²) in [6.07, 6.45) is -0.105. The molecule has 0 spiro atoms. The molecule has 6 N–H and O–H groups in total. The number of hydrogen-bond acceptors (Lipinski definition) is 10. The molecule has 46 heavy (non-hydrogen) atoms. The van der Waals surface area contributed by atoms with E-state index in [-0.39, 0.29) is 43.2 Å². The van der Waals surface area contributed by atoms with Crippen molar-refractivity contribution < 1.29 is 29.1 Å².